The van der Waals surface area contributed by atoms with Gasteiger partial charge in [0.05, 0.1) is 0 Å². The molecule has 43 valence electrons. The standard InChI is InChI=1S/C7H8F/c1-2-6-3-4-7(8)5-6/h6-7H,3-5H2. The van der Waals surface area contributed by atoms with E-state index in [1.165, 1.54) is 0 Å². The molecule has 2 unspecified atom stereocenters. The van der Waals surface area contributed by atoms with Gasteiger partial charge in [-0.15, -0.1) is 0 Å². The minimum atomic E-state index is -0.655. The lowest BCUT2D eigenvalue weighted by Gasteiger charge is -1.93. The van der Waals surface area contributed by atoms with Crippen molar-refractivity contribution in [2.75, 3.05) is 0 Å². The van der Waals surface area contributed by atoms with Crippen molar-refractivity contribution in [2.24, 2.45) is 5.92 Å². The van der Waals surface area contributed by atoms with Crippen LogP contribution in [-0.4, -0.2) is 6.17 Å². The number of hydrogen-bond donors (Lipinski definition) is 0. The van der Waals surface area contributed by atoms with Gasteiger partial charge in [-0.3, -0.25) is 0 Å². The van der Waals surface area contributed by atoms with Crippen LogP contribution in [0.1, 0.15) is 19.3 Å². The minimum Gasteiger partial charge on any atom is -0.247 e. The highest BCUT2D eigenvalue weighted by atomic mass is 19.1. The fourth-order valence-electron chi connectivity index (χ4n) is 1.06. The Morgan fingerprint density at radius 3 is 2.50 bits per heavy atom. The predicted molar refractivity (Wildman–Crippen MR) is 29.4 cm³/mol. The molecule has 1 saturated carbocycles. The first-order chi connectivity index (χ1) is 3.83. The lowest BCUT2D eigenvalue weighted by Crippen LogP contribution is -1.91. The molecule has 0 spiro atoms. The lowest BCUT2D eigenvalue weighted by atomic mass is 10.1. The van der Waals surface area contributed by atoms with Crippen LogP contribution in [0.5, 0.6) is 0 Å². The summed E-state index contributed by atoms with van der Waals surface area (Å²) in [5.41, 5.74) is 0. The highest BCUT2D eigenvalue weighted by Gasteiger charge is 2.21. The SMILES string of the molecule is [C]#CC1CCC(F)C1. The summed E-state index contributed by atoms with van der Waals surface area (Å²) < 4.78 is 12.2. The maximum absolute atomic E-state index is 12.2. The van der Waals surface area contributed by atoms with Crippen LogP contribution in [0.4, 0.5) is 4.39 Å². The minimum absolute atomic E-state index is 0.116. The Morgan fingerprint density at radius 1 is 1.50 bits per heavy atom. The van der Waals surface area contributed by atoms with Crippen molar-refractivity contribution >= 4 is 0 Å². The highest BCUT2D eigenvalue weighted by molar-refractivity contribution is 4.92. The van der Waals surface area contributed by atoms with Gasteiger partial charge in [0.15, 0.2) is 0 Å². The number of hydrogen-bond acceptors (Lipinski definition) is 0. The zero-order valence-corrected chi connectivity index (χ0v) is 4.65. The van der Waals surface area contributed by atoms with Crippen molar-refractivity contribution in [3.63, 3.8) is 0 Å². The molecular formula is C7H8F. The Morgan fingerprint density at radius 2 is 2.25 bits per heavy atom. The van der Waals surface area contributed by atoms with Gasteiger partial charge in [-0.2, -0.15) is 0 Å². The molecule has 0 bridgehead atoms. The third-order valence-electron chi connectivity index (χ3n) is 1.57. The molecule has 8 heavy (non-hydrogen) atoms. The second kappa shape index (κ2) is 2.17. The summed E-state index contributed by atoms with van der Waals surface area (Å²) in [5.74, 6) is 2.42. The van der Waals surface area contributed by atoms with Crippen LogP contribution in [0.25, 0.3) is 0 Å². The summed E-state index contributed by atoms with van der Waals surface area (Å²) in [5, 5.41) is 0. The van der Waals surface area contributed by atoms with Crippen LogP contribution >= 0.6 is 0 Å². The highest BCUT2D eigenvalue weighted by Crippen LogP contribution is 2.26. The van der Waals surface area contributed by atoms with E-state index in [4.69, 9.17) is 6.42 Å². The van der Waals surface area contributed by atoms with Gasteiger partial charge < -0.3 is 0 Å². The number of halogens is 1. The second-order valence-electron chi connectivity index (χ2n) is 2.25. The maximum atomic E-state index is 12.2. The molecule has 1 fully saturated rings. The van der Waals surface area contributed by atoms with Gasteiger partial charge in [0.1, 0.15) is 6.17 Å². The smallest absolute Gasteiger partial charge is 0.101 e. The van der Waals surface area contributed by atoms with E-state index in [0.717, 1.165) is 6.42 Å². The average molecular weight is 111 g/mol. The molecule has 1 heteroatoms. The monoisotopic (exact) mass is 111 g/mol. The van der Waals surface area contributed by atoms with Crippen LogP contribution in [0.3, 0.4) is 0 Å². The third-order valence-corrected chi connectivity index (χ3v) is 1.57. The number of rotatable bonds is 0. The van der Waals surface area contributed by atoms with E-state index in [9.17, 15) is 4.39 Å². The van der Waals surface area contributed by atoms with Crippen molar-refractivity contribution in [1.82, 2.24) is 0 Å². The first kappa shape index (κ1) is 5.62. The maximum Gasteiger partial charge on any atom is 0.101 e. The quantitative estimate of drug-likeness (QED) is 0.417. The van der Waals surface area contributed by atoms with Gasteiger partial charge in [-0.1, -0.05) is 5.92 Å². The fourth-order valence-corrected chi connectivity index (χ4v) is 1.06. The van der Waals surface area contributed by atoms with Crippen molar-refractivity contribution < 1.29 is 4.39 Å². The Labute approximate surface area is 49.1 Å². The van der Waals surface area contributed by atoms with Gasteiger partial charge in [0, 0.05) is 5.92 Å². The van der Waals surface area contributed by atoms with Crippen LogP contribution in [0.15, 0.2) is 0 Å². The van der Waals surface area contributed by atoms with Gasteiger partial charge in [0.25, 0.3) is 0 Å². The van der Waals surface area contributed by atoms with Gasteiger partial charge >= 0.3 is 0 Å². The molecule has 0 saturated heterocycles. The second-order valence-corrected chi connectivity index (χ2v) is 2.25. The zero-order valence-electron chi connectivity index (χ0n) is 4.65. The van der Waals surface area contributed by atoms with E-state index in [2.05, 4.69) is 5.92 Å². The summed E-state index contributed by atoms with van der Waals surface area (Å²) in [6, 6.07) is 0. The molecule has 0 aromatic rings. The molecule has 1 radical (unpaired) electrons. The molecule has 2 atom stereocenters. The fraction of sp³-hybridized carbons (Fsp3) is 0.714. The van der Waals surface area contributed by atoms with Gasteiger partial charge in [-0.05, 0) is 25.7 Å². The molecule has 0 heterocycles. The van der Waals surface area contributed by atoms with Crippen LogP contribution < -0.4 is 0 Å². The molecular weight excluding hydrogens is 103 g/mol. The normalized spacial score (nSPS) is 37.0. The van der Waals surface area contributed by atoms with Crippen LogP contribution in [0.2, 0.25) is 0 Å². The molecule has 0 aromatic heterocycles. The van der Waals surface area contributed by atoms with E-state index in [0.29, 0.717) is 12.8 Å². The lowest BCUT2D eigenvalue weighted by molar-refractivity contribution is 0.338. The summed E-state index contributed by atoms with van der Waals surface area (Å²) in [6.45, 7) is 0. The van der Waals surface area contributed by atoms with E-state index < -0.39 is 6.17 Å². The predicted octanol–water partition coefficient (Wildman–Crippen LogP) is 1.71. The Bertz CT molecular complexity index is 112. The molecule has 0 amide bonds. The summed E-state index contributed by atoms with van der Waals surface area (Å²) in [4.78, 5) is 0. The van der Waals surface area contributed by atoms with E-state index in [-0.39, 0.29) is 5.92 Å². The summed E-state index contributed by atoms with van der Waals surface area (Å²) >= 11 is 0. The molecule has 1 aliphatic rings. The molecule has 0 aromatic carbocycles. The molecule has 0 N–H and O–H groups in total. The van der Waals surface area contributed by atoms with E-state index in [1.54, 1.807) is 0 Å². The topological polar surface area (TPSA) is 0 Å². The first-order valence-corrected chi connectivity index (χ1v) is 2.89. The summed E-state index contributed by atoms with van der Waals surface area (Å²) in [7, 11) is 0. The molecule has 0 aliphatic heterocycles. The van der Waals surface area contributed by atoms with Crippen molar-refractivity contribution in [2.45, 2.75) is 25.4 Å². The Kier molecular flexibility index (Phi) is 1.53. The molecule has 1 rings (SSSR count). The third kappa shape index (κ3) is 1.01. The zero-order chi connectivity index (χ0) is 5.98. The van der Waals surface area contributed by atoms with Crippen molar-refractivity contribution in [1.29, 1.82) is 0 Å². The Balaban J connectivity index is 2.35. The van der Waals surface area contributed by atoms with Crippen LogP contribution in [-0.2, 0) is 0 Å². The van der Waals surface area contributed by atoms with Crippen LogP contribution in [0, 0.1) is 18.3 Å². The number of alkyl halides is 1. The van der Waals surface area contributed by atoms with E-state index >= 15 is 0 Å². The Hall–Kier alpha value is -0.510. The summed E-state index contributed by atoms with van der Waals surface area (Å²) in [6.07, 6.45) is 8.01. The van der Waals surface area contributed by atoms with Gasteiger partial charge in [-0.25, -0.2) is 4.39 Å². The average Bonchev–Trinajstić information content (AvgIpc) is 2.14. The van der Waals surface area contributed by atoms with Crippen molar-refractivity contribution in [3.8, 4) is 5.92 Å². The largest absolute Gasteiger partial charge is 0.247 e. The van der Waals surface area contributed by atoms with Gasteiger partial charge in [0.2, 0.25) is 0 Å². The van der Waals surface area contributed by atoms with Crippen molar-refractivity contribution in [3.05, 3.63) is 6.42 Å². The molecule has 1 aliphatic carbocycles. The molecule has 0 nitrogen and oxygen atoms in total. The van der Waals surface area contributed by atoms with E-state index in [1.807, 2.05) is 0 Å². The first-order valence-electron chi connectivity index (χ1n) is 2.89.